The second-order valence-corrected chi connectivity index (χ2v) is 5.56. The number of hydrogen-bond acceptors (Lipinski definition) is 4. The van der Waals surface area contributed by atoms with Gasteiger partial charge in [-0.05, 0) is 23.3 Å². The van der Waals surface area contributed by atoms with Gasteiger partial charge in [-0.2, -0.15) is 0 Å². The molecule has 1 aromatic rings. The highest BCUT2D eigenvalue weighted by Gasteiger charge is 2.25. The molecule has 21 heavy (non-hydrogen) atoms. The summed E-state index contributed by atoms with van der Waals surface area (Å²) in [4.78, 5) is 27.3. The molecule has 0 unspecified atom stereocenters. The molecule has 1 saturated heterocycles. The third kappa shape index (κ3) is 3.06. The molecule has 0 aromatic heterocycles. The van der Waals surface area contributed by atoms with Crippen LogP contribution in [-0.2, 0) is 17.9 Å². The lowest BCUT2D eigenvalue weighted by molar-refractivity contribution is -0.133. The molecule has 1 fully saturated rings. The van der Waals surface area contributed by atoms with Gasteiger partial charge in [0.05, 0.1) is 12.1 Å². The number of carbonyl (C=O) groups excluding carboxylic acids is 1. The van der Waals surface area contributed by atoms with Crippen molar-refractivity contribution in [1.82, 2.24) is 15.1 Å². The predicted molar refractivity (Wildman–Crippen MR) is 77.0 cm³/mol. The molecule has 3 rings (SSSR count). The molecule has 0 saturated carbocycles. The van der Waals surface area contributed by atoms with E-state index in [4.69, 9.17) is 5.11 Å². The van der Waals surface area contributed by atoms with Crippen LogP contribution in [0.5, 0.6) is 0 Å². The standard InChI is InChI=1S/C15H19N3O3/c19-14(10-17-5-3-16-4-6-17)18-8-12-2-1-11(15(20)21)7-13(12)9-18/h1-2,7,16H,3-6,8-10H2,(H,20,21). The highest BCUT2D eigenvalue weighted by molar-refractivity contribution is 5.88. The van der Waals surface area contributed by atoms with Crippen molar-refractivity contribution in [1.29, 1.82) is 0 Å². The van der Waals surface area contributed by atoms with E-state index < -0.39 is 5.97 Å². The smallest absolute Gasteiger partial charge is 0.335 e. The number of piperazine rings is 1. The second kappa shape index (κ2) is 5.83. The molecule has 1 aromatic carbocycles. The van der Waals surface area contributed by atoms with E-state index in [1.54, 1.807) is 17.0 Å². The minimum absolute atomic E-state index is 0.116. The maximum atomic E-state index is 12.3. The quantitative estimate of drug-likeness (QED) is 0.827. The first kappa shape index (κ1) is 14.0. The van der Waals surface area contributed by atoms with Gasteiger partial charge in [0.25, 0.3) is 0 Å². The van der Waals surface area contributed by atoms with Crippen LogP contribution < -0.4 is 5.32 Å². The first-order valence-electron chi connectivity index (χ1n) is 7.19. The fourth-order valence-electron chi connectivity index (χ4n) is 2.86. The van der Waals surface area contributed by atoms with Crippen LogP contribution in [-0.4, -0.2) is 59.5 Å². The zero-order valence-electron chi connectivity index (χ0n) is 11.8. The van der Waals surface area contributed by atoms with Gasteiger partial charge >= 0.3 is 5.97 Å². The van der Waals surface area contributed by atoms with Gasteiger partial charge in [-0.15, -0.1) is 0 Å². The Morgan fingerprint density at radius 1 is 1.14 bits per heavy atom. The average molecular weight is 289 g/mol. The summed E-state index contributed by atoms with van der Waals surface area (Å²) in [7, 11) is 0. The molecule has 2 aliphatic heterocycles. The number of nitrogens with one attached hydrogen (secondary N) is 1. The average Bonchev–Trinajstić information content (AvgIpc) is 2.91. The highest BCUT2D eigenvalue weighted by Crippen LogP contribution is 2.24. The topological polar surface area (TPSA) is 72.9 Å². The van der Waals surface area contributed by atoms with Crippen molar-refractivity contribution in [2.75, 3.05) is 32.7 Å². The number of nitrogens with zero attached hydrogens (tertiary/aromatic N) is 2. The van der Waals surface area contributed by atoms with E-state index in [-0.39, 0.29) is 11.5 Å². The van der Waals surface area contributed by atoms with Crippen LogP contribution in [0.25, 0.3) is 0 Å². The molecule has 6 nitrogen and oxygen atoms in total. The lowest BCUT2D eigenvalue weighted by atomic mass is 10.1. The van der Waals surface area contributed by atoms with Crippen LogP contribution in [0.15, 0.2) is 18.2 Å². The van der Waals surface area contributed by atoms with Gasteiger partial charge in [-0.1, -0.05) is 6.07 Å². The highest BCUT2D eigenvalue weighted by atomic mass is 16.4. The van der Waals surface area contributed by atoms with Crippen LogP contribution in [0.1, 0.15) is 21.5 Å². The molecule has 0 radical (unpaired) electrons. The van der Waals surface area contributed by atoms with Gasteiger partial charge in [-0.25, -0.2) is 4.79 Å². The van der Waals surface area contributed by atoms with E-state index in [0.29, 0.717) is 19.6 Å². The number of carboxylic acids is 1. The van der Waals surface area contributed by atoms with Gasteiger partial charge in [0, 0.05) is 39.3 Å². The van der Waals surface area contributed by atoms with Crippen molar-refractivity contribution < 1.29 is 14.7 Å². The van der Waals surface area contributed by atoms with Gasteiger partial charge < -0.3 is 15.3 Å². The summed E-state index contributed by atoms with van der Waals surface area (Å²) >= 11 is 0. The molecule has 0 aliphatic carbocycles. The molecular formula is C15H19N3O3. The monoisotopic (exact) mass is 289 g/mol. The Kier molecular flexibility index (Phi) is 3.90. The van der Waals surface area contributed by atoms with Crippen molar-refractivity contribution in [2.24, 2.45) is 0 Å². The second-order valence-electron chi connectivity index (χ2n) is 5.56. The van der Waals surface area contributed by atoms with Crippen molar-refractivity contribution in [2.45, 2.75) is 13.1 Å². The molecular weight excluding hydrogens is 270 g/mol. The predicted octanol–water partition coefficient (Wildman–Crippen LogP) is 0.132. The van der Waals surface area contributed by atoms with Gasteiger partial charge in [0.2, 0.25) is 5.91 Å². The number of carboxylic acid groups (broad SMARTS) is 1. The minimum atomic E-state index is -0.927. The van der Waals surface area contributed by atoms with E-state index >= 15 is 0 Å². The van der Waals surface area contributed by atoms with Gasteiger partial charge in [0.15, 0.2) is 0 Å². The number of carbonyl (C=O) groups is 2. The molecule has 2 N–H and O–H groups in total. The Balaban J connectivity index is 1.63. The van der Waals surface area contributed by atoms with E-state index in [9.17, 15) is 9.59 Å². The molecule has 2 aliphatic rings. The number of benzene rings is 1. The fourth-order valence-corrected chi connectivity index (χ4v) is 2.86. The number of fused-ring (bicyclic) bond motifs is 1. The number of rotatable bonds is 3. The third-order valence-electron chi connectivity index (χ3n) is 4.10. The number of hydrogen-bond donors (Lipinski definition) is 2. The Labute approximate surface area is 123 Å². The van der Waals surface area contributed by atoms with E-state index in [1.807, 2.05) is 6.07 Å². The van der Waals surface area contributed by atoms with Crippen LogP contribution >= 0.6 is 0 Å². The largest absolute Gasteiger partial charge is 0.478 e. The Bertz CT molecular complexity index is 567. The van der Waals surface area contributed by atoms with E-state index in [1.165, 1.54) is 0 Å². The summed E-state index contributed by atoms with van der Waals surface area (Å²) < 4.78 is 0. The maximum Gasteiger partial charge on any atom is 0.335 e. The first-order chi connectivity index (χ1) is 10.1. The normalized spacial score (nSPS) is 18.6. The van der Waals surface area contributed by atoms with Crippen LogP contribution in [0, 0.1) is 0 Å². The van der Waals surface area contributed by atoms with Crippen LogP contribution in [0.4, 0.5) is 0 Å². The van der Waals surface area contributed by atoms with E-state index in [0.717, 1.165) is 37.3 Å². The molecule has 6 heteroatoms. The lowest BCUT2D eigenvalue weighted by Gasteiger charge is -2.28. The molecule has 0 spiro atoms. The summed E-state index contributed by atoms with van der Waals surface area (Å²) in [5, 5.41) is 12.3. The van der Waals surface area contributed by atoms with Gasteiger partial charge in [0.1, 0.15) is 0 Å². The molecule has 2 heterocycles. The number of aromatic carboxylic acids is 1. The zero-order valence-corrected chi connectivity index (χ0v) is 11.8. The summed E-state index contributed by atoms with van der Waals surface area (Å²) in [6.45, 7) is 5.19. The van der Waals surface area contributed by atoms with Crippen molar-refractivity contribution >= 4 is 11.9 Å². The summed E-state index contributed by atoms with van der Waals surface area (Å²) in [5.74, 6) is -0.812. The minimum Gasteiger partial charge on any atom is -0.478 e. The molecule has 0 bridgehead atoms. The molecule has 1 amide bonds. The van der Waals surface area contributed by atoms with Crippen molar-refractivity contribution in [3.8, 4) is 0 Å². The number of amides is 1. The van der Waals surface area contributed by atoms with Crippen LogP contribution in [0.2, 0.25) is 0 Å². The SMILES string of the molecule is O=C(O)c1ccc2c(c1)CN(C(=O)CN1CCNCC1)C2. The van der Waals surface area contributed by atoms with Crippen molar-refractivity contribution in [3.05, 3.63) is 34.9 Å². The molecule has 112 valence electrons. The van der Waals surface area contributed by atoms with Crippen LogP contribution in [0.3, 0.4) is 0 Å². The first-order valence-corrected chi connectivity index (χ1v) is 7.19. The Hall–Kier alpha value is -1.92. The summed E-state index contributed by atoms with van der Waals surface area (Å²) in [6.07, 6.45) is 0. The Morgan fingerprint density at radius 3 is 2.57 bits per heavy atom. The van der Waals surface area contributed by atoms with E-state index in [2.05, 4.69) is 10.2 Å². The maximum absolute atomic E-state index is 12.3. The Morgan fingerprint density at radius 2 is 1.86 bits per heavy atom. The summed E-state index contributed by atoms with van der Waals surface area (Å²) in [5.41, 5.74) is 2.28. The third-order valence-corrected chi connectivity index (χ3v) is 4.10. The molecule has 0 atom stereocenters. The lowest BCUT2D eigenvalue weighted by Crippen LogP contribution is -2.47. The van der Waals surface area contributed by atoms with Gasteiger partial charge in [-0.3, -0.25) is 9.69 Å². The summed E-state index contributed by atoms with van der Waals surface area (Å²) in [6, 6.07) is 5.10. The van der Waals surface area contributed by atoms with Crippen molar-refractivity contribution in [3.63, 3.8) is 0 Å². The zero-order chi connectivity index (χ0) is 14.8. The fraction of sp³-hybridized carbons (Fsp3) is 0.467.